The van der Waals surface area contributed by atoms with Crippen LogP contribution in [0.3, 0.4) is 0 Å². The Morgan fingerprint density at radius 2 is 1.93 bits per heavy atom. The van der Waals surface area contributed by atoms with Crippen LogP contribution in [0.5, 0.6) is 0 Å². The number of rotatable bonds is 5. The summed E-state index contributed by atoms with van der Waals surface area (Å²) in [5.41, 5.74) is 3.39. The highest BCUT2D eigenvalue weighted by Gasteiger charge is 2.30. The lowest BCUT2D eigenvalue weighted by molar-refractivity contribution is -0.130. The summed E-state index contributed by atoms with van der Waals surface area (Å²) in [6.45, 7) is 0.453. The molecule has 1 amide bonds. The first-order valence-electron chi connectivity index (χ1n) is 8.86. The zero-order valence-corrected chi connectivity index (χ0v) is 14.7. The van der Waals surface area contributed by atoms with Crippen molar-refractivity contribution in [1.29, 1.82) is 0 Å². The fourth-order valence-electron chi connectivity index (χ4n) is 3.13. The molecule has 27 heavy (non-hydrogen) atoms. The van der Waals surface area contributed by atoms with Crippen LogP contribution < -0.4 is 5.32 Å². The largest absolute Gasteiger partial charge is 0.448 e. The average molecular weight is 361 g/mol. The molecule has 6 nitrogen and oxygen atoms in total. The molecule has 2 heterocycles. The third kappa shape index (κ3) is 3.74. The summed E-state index contributed by atoms with van der Waals surface area (Å²) < 4.78 is 7.07. The minimum atomic E-state index is -0.778. The fraction of sp³-hybridized carbons (Fsp3) is 0.190. The minimum absolute atomic E-state index is 0.270. The number of hydrogen-bond donors (Lipinski definition) is 1. The maximum atomic E-state index is 12.4. The predicted octanol–water partition coefficient (Wildman–Crippen LogP) is 2.31. The number of para-hydroxylation sites is 1. The Balaban J connectivity index is 1.32. The van der Waals surface area contributed by atoms with Crippen LogP contribution in [0.1, 0.15) is 21.5 Å². The monoisotopic (exact) mass is 361 g/mol. The smallest absolute Gasteiger partial charge is 0.339 e. The molecule has 0 saturated heterocycles. The van der Waals surface area contributed by atoms with Crippen molar-refractivity contribution < 1.29 is 14.3 Å². The maximum absolute atomic E-state index is 12.4. The number of carbonyl (C=O) groups excluding carboxylic acids is 2. The molecule has 0 aliphatic carbocycles. The number of esters is 1. The first-order chi connectivity index (χ1) is 13.2. The van der Waals surface area contributed by atoms with E-state index < -0.39 is 12.1 Å². The summed E-state index contributed by atoms with van der Waals surface area (Å²) in [4.78, 5) is 24.4. The van der Waals surface area contributed by atoms with Crippen LogP contribution in [0.25, 0.3) is 5.69 Å². The van der Waals surface area contributed by atoms with Gasteiger partial charge < -0.3 is 10.1 Å². The number of amides is 1. The molecule has 136 valence electrons. The number of fused-ring (bicyclic) bond motifs is 1. The first-order valence-corrected chi connectivity index (χ1v) is 8.86. The van der Waals surface area contributed by atoms with Crippen molar-refractivity contribution in [3.05, 3.63) is 83.7 Å². The Bertz CT molecular complexity index is 966. The summed E-state index contributed by atoms with van der Waals surface area (Å²) in [5.74, 6) is -0.713. The minimum Gasteiger partial charge on any atom is -0.448 e. The van der Waals surface area contributed by atoms with Gasteiger partial charge in [-0.25, -0.2) is 9.48 Å². The zero-order valence-electron chi connectivity index (χ0n) is 14.7. The maximum Gasteiger partial charge on any atom is 0.339 e. The molecule has 0 spiro atoms. The molecular formula is C21H19N3O3. The molecule has 2 aromatic carbocycles. The van der Waals surface area contributed by atoms with Crippen LogP contribution >= 0.6 is 0 Å². The highest BCUT2D eigenvalue weighted by molar-refractivity contribution is 5.95. The molecule has 6 heteroatoms. The van der Waals surface area contributed by atoms with E-state index in [1.54, 1.807) is 23.0 Å². The van der Waals surface area contributed by atoms with Gasteiger partial charge in [-0.1, -0.05) is 36.4 Å². The molecule has 1 aliphatic heterocycles. The zero-order chi connectivity index (χ0) is 18.6. The lowest BCUT2D eigenvalue weighted by Gasteiger charge is -2.23. The number of aromatic nitrogens is 2. The van der Waals surface area contributed by atoms with Crippen LogP contribution in [0.4, 0.5) is 0 Å². The molecular weight excluding hydrogens is 342 g/mol. The van der Waals surface area contributed by atoms with E-state index in [1.165, 1.54) is 0 Å². The molecule has 3 aromatic rings. The molecule has 1 atom stereocenters. The Hall–Kier alpha value is -3.41. The second-order valence-electron chi connectivity index (χ2n) is 6.42. The SMILES string of the molecule is O=C1OC(C(=O)NCCc2cnn(-c3ccccc3)c2)Cc2ccccc21. The van der Waals surface area contributed by atoms with Gasteiger partial charge in [-0.3, -0.25) is 4.79 Å². The van der Waals surface area contributed by atoms with E-state index in [2.05, 4.69) is 10.4 Å². The summed E-state index contributed by atoms with van der Waals surface area (Å²) in [7, 11) is 0. The van der Waals surface area contributed by atoms with Gasteiger partial charge in [0.05, 0.1) is 17.4 Å². The van der Waals surface area contributed by atoms with Crippen molar-refractivity contribution in [3.63, 3.8) is 0 Å². The van der Waals surface area contributed by atoms with Crippen LogP contribution in [0.2, 0.25) is 0 Å². The van der Waals surface area contributed by atoms with Crippen molar-refractivity contribution in [2.24, 2.45) is 0 Å². The van der Waals surface area contributed by atoms with Crippen molar-refractivity contribution in [2.45, 2.75) is 18.9 Å². The van der Waals surface area contributed by atoms with Crippen molar-refractivity contribution in [1.82, 2.24) is 15.1 Å². The number of ether oxygens (including phenoxy) is 1. The van der Waals surface area contributed by atoms with Gasteiger partial charge in [0.25, 0.3) is 5.91 Å². The summed E-state index contributed by atoms with van der Waals surface area (Å²) in [6, 6.07) is 17.1. The second-order valence-corrected chi connectivity index (χ2v) is 6.42. The van der Waals surface area contributed by atoms with E-state index in [0.717, 1.165) is 16.8 Å². The van der Waals surface area contributed by atoms with Crippen LogP contribution in [-0.2, 0) is 22.4 Å². The summed E-state index contributed by atoms with van der Waals surface area (Å²) >= 11 is 0. The van der Waals surface area contributed by atoms with Gasteiger partial charge in [0.1, 0.15) is 0 Å². The Morgan fingerprint density at radius 3 is 2.78 bits per heavy atom. The van der Waals surface area contributed by atoms with Crippen LogP contribution in [-0.4, -0.2) is 34.3 Å². The van der Waals surface area contributed by atoms with Crippen molar-refractivity contribution in [3.8, 4) is 5.69 Å². The number of benzene rings is 2. The molecule has 1 aliphatic rings. The predicted molar refractivity (Wildman–Crippen MR) is 99.6 cm³/mol. The number of nitrogens with zero attached hydrogens (tertiary/aromatic N) is 2. The molecule has 0 saturated carbocycles. The fourth-order valence-corrected chi connectivity index (χ4v) is 3.13. The topological polar surface area (TPSA) is 73.2 Å². The molecule has 1 aromatic heterocycles. The number of nitrogens with one attached hydrogen (secondary N) is 1. The highest BCUT2D eigenvalue weighted by Crippen LogP contribution is 2.20. The average Bonchev–Trinajstić information content (AvgIpc) is 3.17. The van der Waals surface area contributed by atoms with E-state index in [9.17, 15) is 9.59 Å². The molecule has 0 fully saturated rings. The molecule has 0 radical (unpaired) electrons. The lowest BCUT2D eigenvalue weighted by Crippen LogP contribution is -2.42. The molecule has 1 unspecified atom stereocenters. The van der Waals surface area contributed by atoms with Gasteiger partial charge in [0.15, 0.2) is 6.10 Å². The van der Waals surface area contributed by atoms with E-state index in [0.29, 0.717) is 24.9 Å². The summed E-state index contributed by atoms with van der Waals surface area (Å²) in [6.07, 6.45) is 4.00. The summed E-state index contributed by atoms with van der Waals surface area (Å²) in [5, 5.41) is 7.19. The third-order valence-electron chi connectivity index (χ3n) is 4.55. The second kappa shape index (κ2) is 7.45. The van der Waals surface area contributed by atoms with Crippen LogP contribution in [0.15, 0.2) is 67.0 Å². The number of hydrogen-bond acceptors (Lipinski definition) is 4. The molecule has 1 N–H and O–H groups in total. The van der Waals surface area contributed by atoms with Crippen molar-refractivity contribution in [2.75, 3.05) is 6.54 Å². The van der Waals surface area contributed by atoms with E-state index in [4.69, 9.17) is 4.74 Å². The third-order valence-corrected chi connectivity index (χ3v) is 4.55. The van der Waals surface area contributed by atoms with E-state index >= 15 is 0 Å². The van der Waals surface area contributed by atoms with E-state index in [1.807, 2.05) is 48.7 Å². The Kier molecular flexibility index (Phi) is 4.70. The van der Waals surface area contributed by atoms with Gasteiger partial charge in [-0.05, 0) is 35.7 Å². The van der Waals surface area contributed by atoms with E-state index in [-0.39, 0.29) is 5.91 Å². The quantitative estimate of drug-likeness (QED) is 0.708. The first kappa shape index (κ1) is 17.0. The molecule has 4 rings (SSSR count). The molecule has 0 bridgehead atoms. The lowest BCUT2D eigenvalue weighted by atomic mass is 9.98. The normalized spacial score (nSPS) is 15.7. The number of carbonyl (C=O) groups is 2. The van der Waals surface area contributed by atoms with Gasteiger partial charge >= 0.3 is 5.97 Å². The van der Waals surface area contributed by atoms with Crippen LogP contribution in [0, 0.1) is 0 Å². The van der Waals surface area contributed by atoms with Gasteiger partial charge in [-0.2, -0.15) is 5.10 Å². The highest BCUT2D eigenvalue weighted by atomic mass is 16.5. The van der Waals surface area contributed by atoms with Gasteiger partial charge in [0.2, 0.25) is 0 Å². The number of cyclic esters (lactones) is 1. The Morgan fingerprint density at radius 1 is 1.15 bits per heavy atom. The van der Waals surface area contributed by atoms with Crippen molar-refractivity contribution >= 4 is 11.9 Å². The Labute approximate surface area is 156 Å². The standard InChI is InChI=1S/C21H19N3O3/c25-20(19-12-16-6-4-5-9-18(16)21(26)27-19)22-11-10-15-13-23-24(14-15)17-7-2-1-3-8-17/h1-9,13-14,19H,10-12H2,(H,22,25). The van der Waals surface area contributed by atoms with Gasteiger partial charge in [-0.15, -0.1) is 0 Å². The van der Waals surface area contributed by atoms with Gasteiger partial charge in [0, 0.05) is 19.2 Å².